The number of ketones is 2. The average molecular weight is 384 g/mol. The van der Waals surface area contributed by atoms with Crippen molar-refractivity contribution >= 4 is 17.5 Å². The highest BCUT2D eigenvalue weighted by Crippen LogP contribution is 2.31. The van der Waals surface area contributed by atoms with Gasteiger partial charge in [-0.2, -0.15) is 0 Å². The molecule has 0 spiro atoms. The van der Waals surface area contributed by atoms with Gasteiger partial charge in [-0.05, 0) is 30.3 Å². The summed E-state index contributed by atoms with van der Waals surface area (Å²) in [7, 11) is 1.50. The van der Waals surface area contributed by atoms with Crippen molar-refractivity contribution in [3.63, 3.8) is 0 Å². The zero-order chi connectivity index (χ0) is 19.9. The molecule has 28 heavy (non-hydrogen) atoms. The number of benzene rings is 2. The first-order valence-electron chi connectivity index (χ1n) is 8.82. The standard InChI is InChI=1S/C21H20O7/c1-25-16-4-2-3-14(11-16)18(23)13-28-21(24)8-6-17(22)15-5-7-19-20(12-15)27-10-9-26-19/h2-5,7,11-12H,6,8-10,13H2,1H3. The predicted octanol–water partition coefficient (Wildman–Crippen LogP) is 2.86. The molecule has 2 aromatic rings. The summed E-state index contributed by atoms with van der Waals surface area (Å²) in [4.78, 5) is 36.2. The molecule has 1 aliphatic heterocycles. The van der Waals surface area contributed by atoms with Gasteiger partial charge in [0.1, 0.15) is 19.0 Å². The summed E-state index contributed by atoms with van der Waals surface area (Å²) >= 11 is 0. The Bertz CT molecular complexity index is 888. The van der Waals surface area contributed by atoms with Crippen LogP contribution < -0.4 is 14.2 Å². The Kier molecular flexibility index (Phi) is 6.26. The van der Waals surface area contributed by atoms with Gasteiger partial charge in [0.25, 0.3) is 0 Å². The number of methoxy groups -OCH3 is 1. The van der Waals surface area contributed by atoms with Crippen LogP contribution in [0.4, 0.5) is 0 Å². The Balaban J connectivity index is 1.47. The van der Waals surface area contributed by atoms with Crippen LogP contribution in [-0.4, -0.2) is 44.5 Å². The number of Topliss-reactive ketones (excluding diaryl/α,β-unsaturated/α-hetero) is 2. The fourth-order valence-electron chi connectivity index (χ4n) is 2.67. The van der Waals surface area contributed by atoms with E-state index >= 15 is 0 Å². The molecule has 0 saturated carbocycles. The van der Waals surface area contributed by atoms with Crippen molar-refractivity contribution in [3.8, 4) is 17.2 Å². The molecule has 7 nitrogen and oxygen atoms in total. The molecule has 0 saturated heterocycles. The highest BCUT2D eigenvalue weighted by atomic mass is 16.6. The summed E-state index contributed by atoms with van der Waals surface area (Å²) in [5.41, 5.74) is 0.823. The molecule has 0 aliphatic carbocycles. The third-order valence-corrected chi connectivity index (χ3v) is 4.18. The maximum absolute atomic E-state index is 12.3. The zero-order valence-corrected chi connectivity index (χ0v) is 15.4. The lowest BCUT2D eigenvalue weighted by Crippen LogP contribution is -2.16. The zero-order valence-electron chi connectivity index (χ0n) is 15.4. The molecule has 0 aromatic heterocycles. The highest BCUT2D eigenvalue weighted by molar-refractivity contribution is 5.99. The molecular weight excluding hydrogens is 364 g/mol. The van der Waals surface area contributed by atoms with E-state index in [1.54, 1.807) is 42.5 Å². The highest BCUT2D eigenvalue weighted by Gasteiger charge is 2.17. The van der Waals surface area contributed by atoms with Gasteiger partial charge >= 0.3 is 5.97 Å². The molecule has 7 heteroatoms. The van der Waals surface area contributed by atoms with Crippen molar-refractivity contribution in [2.24, 2.45) is 0 Å². The topological polar surface area (TPSA) is 88.1 Å². The fourth-order valence-corrected chi connectivity index (χ4v) is 2.67. The third kappa shape index (κ3) is 4.88. The van der Waals surface area contributed by atoms with E-state index in [-0.39, 0.29) is 31.0 Å². The SMILES string of the molecule is COc1cccc(C(=O)COC(=O)CCC(=O)c2ccc3c(c2)OCCO3)c1. The van der Waals surface area contributed by atoms with E-state index in [9.17, 15) is 14.4 Å². The summed E-state index contributed by atoms with van der Waals surface area (Å²) in [6, 6.07) is 11.5. The fraction of sp³-hybridized carbons (Fsp3) is 0.286. The summed E-state index contributed by atoms with van der Waals surface area (Å²) in [5.74, 6) is 0.490. The largest absolute Gasteiger partial charge is 0.497 e. The molecule has 1 aliphatic rings. The number of hydrogen-bond donors (Lipinski definition) is 0. The molecule has 0 radical (unpaired) electrons. The first-order valence-corrected chi connectivity index (χ1v) is 8.82. The van der Waals surface area contributed by atoms with Crippen LogP contribution in [0.2, 0.25) is 0 Å². The van der Waals surface area contributed by atoms with E-state index in [1.807, 2.05) is 0 Å². The minimum absolute atomic E-state index is 0.0220. The van der Waals surface area contributed by atoms with Crippen molar-refractivity contribution in [2.45, 2.75) is 12.8 Å². The summed E-state index contributed by atoms with van der Waals surface area (Å²) in [6.45, 7) is 0.517. The van der Waals surface area contributed by atoms with Crippen molar-refractivity contribution in [1.29, 1.82) is 0 Å². The van der Waals surface area contributed by atoms with Gasteiger partial charge < -0.3 is 18.9 Å². The van der Waals surface area contributed by atoms with Crippen LogP contribution in [0.1, 0.15) is 33.6 Å². The number of fused-ring (bicyclic) bond motifs is 1. The quantitative estimate of drug-likeness (QED) is 0.511. The number of hydrogen-bond acceptors (Lipinski definition) is 7. The lowest BCUT2D eigenvalue weighted by atomic mass is 10.1. The predicted molar refractivity (Wildman–Crippen MR) is 99.3 cm³/mol. The van der Waals surface area contributed by atoms with Gasteiger partial charge in [-0.15, -0.1) is 0 Å². The number of carbonyl (C=O) groups is 3. The summed E-state index contributed by atoms with van der Waals surface area (Å²) < 4.78 is 20.9. The first-order chi connectivity index (χ1) is 13.6. The van der Waals surface area contributed by atoms with Crippen LogP contribution in [0.3, 0.4) is 0 Å². The Morgan fingerprint density at radius 2 is 1.64 bits per heavy atom. The maximum atomic E-state index is 12.3. The Labute approximate surface area is 162 Å². The average Bonchev–Trinajstić information content (AvgIpc) is 2.75. The van der Waals surface area contributed by atoms with Crippen LogP contribution in [0, 0.1) is 0 Å². The van der Waals surface area contributed by atoms with E-state index in [0.29, 0.717) is 41.6 Å². The van der Waals surface area contributed by atoms with E-state index in [0.717, 1.165) is 0 Å². The lowest BCUT2D eigenvalue weighted by Gasteiger charge is -2.18. The molecule has 0 N–H and O–H groups in total. The molecular formula is C21H20O7. The monoisotopic (exact) mass is 384 g/mol. The molecule has 2 aromatic carbocycles. The molecule has 0 bridgehead atoms. The Morgan fingerprint density at radius 1 is 0.893 bits per heavy atom. The minimum atomic E-state index is -0.609. The van der Waals surface area contributed by atoms with Gasteiger partial charge in [0, 0.05) is 17.5 Å². The van der Waals surface area contributed by atoms with Crippen LogP contribution >= 0.6 is 0 Å². The molecule has 146 valence electrons. The number of esters is 1. The van der Waals surface area contributed by atoms with E-state index in [2.05, 4.69) is 0 Å². The normalized spacial score (nSPS) is 12.2. The van der Waals surface area contributed by atoms with Crippen LogP contribution in [0.5, 0.6) is 17.2 Å². The molecule has 0 atom stereocenters. The number of ether oxygens (including phenoxy) is 4. The maximum Gasteiger partial charge on any atom is 0.306 e. The van der Waals surface area contributed by atoms with Crippen molar-refractivity contribution in [1.82, 2.24) is 0 Å². The van der Waals surface area contributed by atoms with Gasteiger partial charge in [-0.25, -0.2) is 0 Å². The smallest absolute Gasteiger partial charge is 0.306 e. The Morgan fingerprint density at radius 3 is 2.43 bits per heavy atom. The molecule has 0 amide bonds. The summed E-state index contributed by atoms with van der Waals surface area (Å²) in [5, 5.41) is 0. The molecule has 0 unspecified atom stereocenters. The van der Waals surface area contributed by atoms with Gasteiger partial charge in [-0.1, -0.05) is 12.1 Å². The van der Waals surface area contributed by atoms with E-state index in [1.165, 1.54) is 7.11 Å². The second-order valence-electron chi connectivity index (χ2n) is 6.10. The van der Waals surface area contributed by atoms with Gasteiger partial charge in [0.2, 0.25) is 0 Å². The molecule has 3 rings (SSSR count). The van der Waals surface area contributed by atoms with Crippen LogP contribution in [0.25, 0.3) is 0 Å². The van der Waals surface area contributed by atoms with Gasteiger partial charge in [0.05, 0.1) is 13.5 Å². The Hall–Kier alpha value is -3.35. The van der Waals surface area contributed by atoms with Gasteiger partial charge in [-0.3, -0.25) is 14.4 Å². The van der Waals surface area contributed by atoms with Gasteiger partial charge in [0.15, 0.2) is 29.7 Å². The number of rotatable bonds is 8. The summed E-state index contributed by atoms with van der Waals surface area (Å²) in [6.07, 6.45) is -0.134. The minimum Gasteiger partial charge on any atom is -0.497 e. The van der Waals surface area contributed by atoms with E-state index < -0.39 is 5.97 Å². The van der Waals surface area contributed by atoms with Crippen molar-refractivity contribution < 1.29 is 33.3 Å². The van der Waals surface area contributed by atoms with Crippen molar-refractivity contribution in [3.05, 3.63) is 53.6 Å². The lowest BCUT2D eigenvalue weighted by molar-refractivity contribution is -0.142. The third-order valence-electron chi connectivity index (χ3n) is 4.18. The molecule has 1 heterocycles. The van der Waals surface area contributed by atoms with Crippen LogP contribution in [0.15, 0.2) is 42.5 Å². The van der Waals surface area contributed by atoms with Crippen molar-refractivity contribution in [2.75, 3.05) is 26.9 Å². The second-order valence-corrected chi connectivity index (χ2v) is 6.10. The number of carbonyl (C=O) groups excluding carboxylic acids is 3. The first kappa shape index (κ1) is 19.4. The molecule has 0 fully saturated rings. The van der Waals surface area contributed by atoms with Crippen LogP contribution in [-0.2, 0) is 9.53 Å². The van der Waals surface area contributed by atoms with E-state index in [4.69, 9.17) is 18.9 Å². The second kappa shape index (κ2) is 9.03.